The van der Waals surface area contributed by atoms with E-state index in [9.17, 15) is 22.1 Å². The highest BCUT2D eigenvalue weighted by Gasteiger charge is 2.28. The topological polar surface area (TPSA) is 36.2 Å². The van der Waals surface area contributed by atoms with E-state index in [4.69, 9.17) is 0 Å². The van der Waals surface area contributed by atoms with Crippen LogP contribution in [0.5, 0.6) is 0 Å². The van der Waals surface area contributed by atoms with Gasteiger partial charge in [-0.3, -0.25) is 10.2 Å². The van der Waals surface area contributed by atoms with E-state index in [-0.39, 0.29) is 5.91 Å². The molecular formula is C26H24BF4N3O. The Morgan fingerprint density at radius 1 is 0.714 bits per heavy atom. The third kappa shape index (κ3) is 7.51. The summed E-state index contributed by atoms with van der Waals surface area (Å²) in [5.41, 5.74) is 8.44. The van der Waals surface area contributed by atoms with Crippen LogP contribution in [0.4, 0.5) is 17.3 Å². The predicted octanol–water partition coefficient (Wildman–Crippen LogP) is 5.80. The lowest BCUT2D eigenvalue weighted by Crippen LogP contribution is -2.46. The summed E-state index contributed by atoms with van der Waals surface area (Å²) < 4.78 is 41.0. The average molecular weight is 481 g/mol. The number of hydrogen-bond acceptors (Lipinski definition) is 2. The fraction of sp³-hybridized carbons (Fsp3) is 0.0769. The number of pyridine rings is 1. The number of benzene rings is 3. The number of carbonyl (C=O) groups excluding carboxylic acids is 1. The number of para-hydroxylation sites is 1. The molecule has 0 fully saturated rings. The molecule has 0 aliphatic carbocycles. The fourth-order valence-electron chi connectivity index (χ4n) is 3.50. The van der Waals surface area contributed by atoms with E-state index in [1.807, 2.05) is 91.5 Å². The molecule has 9 heteroatoms. The Morgan fingerprint density at radius 3 is 1.66 bits per heavy atom. The van der Waals surface area contributed by atoms with Gasteiger partial charge in [0.1, 0.15) is 0 Å². The van der Waals surface area contributed by atoms with Crippen LogP contribution in [0.15, 0.2) is 103 Å². The van der Waals surface area contributed by atoms with Crippen molar-refractivity contribution in [2.75, 3.05) is 14.1 Å². The maximum atomic E-state index is 13.2. The molecule has 0 atom stereocenters. The van der Waals surface area contributed by atoms with Gasteiger partial charge in [-0.05, 0) is 23.3 Å². The van der Waals surface area contributed by atoms with E-state index < -0.39 is 7.25 Å². The van der Waals surface area contributed by atoms with Gasteiger partial charge >= 0.3 is 13.2 Å². The zero-order chi connectivity index (χ0) is 25.4. The number of amides is 1. The summed E-state index contributed by atoms with van der Waals surface area (Å²) in [5, 5.41) is 1.66. The quantitative estimate of drug-likeness (QED) is 0.169. The molecule has 0 aliphatic rings. The zero-order valence-corrected chi connectivity index (χ0v) is 19.2. The van der Waals surface area contributed by atoms with Crippen molar-refractivity contribution in [3.05, 3.63) is 109 Å². The van der Waals surface area contributed by atoms with E-state index in [1.165, 1.54) is 0 Å². The van der Waals surface area contributed by atoms with Crippen molar-refractivity contribution >= 4 is 13.2 Å². The van der Waals surface area contributed by atoms with Crippen molar-refractivity contribution in [1.29, 1.82) is 0 Å². The van der Waals surface area contributed by atoms with Crippen molar-refractivity contribution in [3.8, 4) is 28.1 Å². The lowest BCUT2D eigenvalue weighted by Gasteiger charge is -2.14. The summed E-state index contributed by atoms with van der Waals surface area (Å²) in [6.07, 6.45) is 0. The predicted molar refractivity (Wildman–Crippen MR) is 130 cm³/mol. The lowest BCUT2D eigenvalue weighted by atomic mass is 10.0. The molecule has 3 aromatic carbocycles. The molecule has 1 N–H and O–H groups in total. The third-order valence-electron chi connectivity index (χ3n) is 4.82. The highest BCUT2D eigenvalue weighted by molar-refractivity contribution is 6.50. The molecule has 180 valence electrons. The van der Waals surface area contributed by atoms with Gasteiger partial charge in [-0.1, -0.05) is 66.7 Å². The Balaban J connectivity index is 0.000000623. The summed E-state index contributed by atoms with van der Waals surface area (Å²) >= 11 is 0. The van der Waals surface area contributed by atoms with E-state index >= 15 is 0 Å². The van der Waals surface area contributed by atoms with Crippen LogP contribution < -0.4 is 9.99 Å². The Bertz CT molecular complexity index is 1250. The molecule has 1 amide bonds. The first-order valence-electron chi connectivity index (χ1n) is 10.8. The second-order valence-electron chi connectivity index (χ2n) is 7.75. The molecule has 35 heavy (non-hydrogen) atoms. The molecule has 0 spiro atoms. The van der Waals surface area contributed by atoms with Gasteiger partial charge in [-0.25, -0.2) is 5.01 Å². The van der Waals surface area contributed by atoms with Crippen LogP contribution in [0, 0.1) is 0 Å². The molecule has 4 rings (SSSR count). The summed E-state index contributed by atoms with van der Waals surface area (Å²) in [6.45, 7) is 0. The summed E-state index contributed by atoms with van der Waals surface area (Å²) in [7, 11) is -2.38. The Labute approximate surface area is 201 Å². The van der Waals surface area contributed by atoms with Crippen molar-refractivity contribution in [2.45, 2.75) is 0 Å². The Kier molecular flexibility index (Phi) is 8.38. The van der Waals surface area contributed by atoms with Crippen LogP contribution in [-0.4, -0.2) is 32.3 Å². The van der Waals surface area contributed by atoms with Gasteiger partial charge < -0.3 is 17.3 Å². The van der Waals surface area contributed by atoms with E-state index in [2.05, 4.69) is 35.8 Å². The first-order valence-corrected chi connectivity index (χ1v) is 10.8. The van der Waals surface area contributed by atoms with Gasteiger partial charge in [0.15, 0.2) is 0 Å². The van der Waals surface area contributed by atoms with Gasteiger partial charge in [-0.2, -0.15) is 0 Å². The molecule has 0 saturated carbocycles. The first-order chi connectivity index (χ1) is 16.6. The largest absolute Gasteiger partial charge is 0.673 e. The molecule has 1 aromatic heterocycles. The minimum Gasteiger partial charge on any atom is -0.418 e. The van der Waals surface area contributed by atoms with Crippen LogP contribution >= 0.6 is 0 Å². The van der Waals surface area contributed by atoms with Crippen molar-refractivity contribution in [1.82, 2.24) is 10.4 Å². The van der Waals surface area contributed by atoms with E-state index in [1.54, 1.807) is 5.01 Å². The molecule has 0 aliphatic heterocycles. The van der Waals surface area contributed by atoms with Gasteiger partial charge in [0.2, 0.25) is 11.4 Å². The molecular weight excluding hydrogens is 457 g/mol. The number of nitrogens with zero attached hydrogens (tertiary/aromatic N) is 2. The number of carbonyl (C=O) groups is 1. The summed E-state index contributed by atoms with van der Waals surface area (Å²) in [4.78, 5) is 13.2. The SMILES string of the molecule is CN(C)NC(=O)c1cc(-c2ccccc2)cc(-c2ccccc2)[n+]1-c1ccccc1.F[B-](F)(F)F. The Hall–Kier alpha value is -3.98. The van der Waals surface area contributed by atoms with Crippen LogP contribution in [0.1, 0.15) is 10.5 Å². The monoisotopic (exact) mass is 481 g/mol. The normalized spacial score (nSPS) is 10.9. The second kappa shape index (κ2) is 11.4. The van der Waals surface area contributed by atoms with Crippen molar-refractivity contribution in [3.63, 3.8) is 0 Å². The molecule has 4 aromatic rings. The van der Waals surface area contributed by atoms with E-state index in [0.29, 0.717) is 5.69 Å². The highest BCUT2D eigenvalue weighted by Crippen LogP contribution is 2.26. The second-order valence-corrected chi connectivity index (χ2v) is 7.75. The fourth-order valence-corrected chi connectivity index (χ4v) is 3.50. The minimum absolute atomic E-state index is 0.168. The van der Waals surface area contributed by atoms with Crippen LogP contribution in [-0.2, 0) is 0 Å². The molecule has 0 saturated heterocycles. The smallest absolute Gasteiger partial charge is 0.418 e. The standard InChI is InChI=1S/C26H23N3O.BF4/c1-28(2)27-26(30)25-19-22(20-12-6-3-7-13-20)18-24(21-14-8-4-9-15-21)29(25)23-16-10-5-11-17-23;2-1(3,4)5/h3-19H,1-2H3;/q;-1/p+1. The number of rotatable bonds is 5. The van der Waals surface area contributed by atoms with Crippen molar-refractivity contribution < 1.29 is 26.6 Å². The third-order valence-corrected chi connectivity index (χ3v) is 4.82. The Morgan fingerprint density at radius 2 is 1.17 bits per heavy atom. The van der Waals surface area contributed by atoms with Crippen LogP contribution in [0.3, 0.4) is 0 Å². The van der Waals surface area contributed by atoms with Gasteiger partial charge in [0, 0.05) is 43.9 Å². The van der Waals surface area contributed by atoms with Gasteiger partial charge in [0.05, 0.1) is 0 Å². The number of aromatic nitrogens is 1. The van der Waals surface area contributed by atoms with E-state index in [0.717, 1.165) is 28.1 Å². The highest BCUT2D eigenvalue weighted by atomic mass is 19.5. The molecule has 0 radical (unpaired) electrons. The number of hydrogen-bond donors (Lipinski definition) is 1. The lowest BCUT2D eigenvalue weighted by molar-refractivity contribution is -0.586. The molecule has 1 heterocycles. The van der Waals surface area contributed by atoms with Crippen LogP contribution in [0.2, 0.25) is 0 Å². The minimum atomic E-state index is -6.00. The molecule has 0 bridgehead atoms. The average Bonchev–Trinajstić information content (AvgIpc) is 2.83. The van der Waals surface area contributed by atoms with Gasteiger partial charge in [-0.15, -0.1) is 4.57 Å². The number of halogens is 4. The van der Waals surface area contributed by atoms with Crippen molar-refractivity contribution in [2.24, 2.45) is 0 Å². The summed E-state index contributed by atoms with van der Waals surface area (Å²) in [6, 6.07) is 34.4. The maximum Gasteiger partial charge on any atom is 0.673 e. The first kappa shape index (κ1) is 25.6. The zero-order valence-electron chi connectivity index (χ0n) is 19.2. The summed E-state index contributed by atoms with van der Waals surface area (Å²) in [5.74, 6) is -0.168. The van der Waals surface area contributed by atoms with Crippen LogP contribution in [0.25, 0.3) is 28.1 Å². The number of nitrogens with one attached hydrogen (secondary N) is 1. The van der Waals surface area contributed by atoms with Gasteiger partial charge in [0.25, 0.3) is 5.69 Å². The number of hydrazine groups is 1. The molecule has 0 unspecified atom stereocenters. The molecule has 4 nitrogen and oxygen atoms in total. The maximum absolute atomic E-state index is 13.2.